The summed E-state index contributed by atoms with van der Waals surface area (Å²) in [6.07, 6.45) is 0. The highest BCUT2D eigenvalue weighted by atomic mass is 35.5. The molecule has 0 bridgehead atoms. The lowest BCUT2D eigenvalue weighted by molar-refractivity contribution is 0.0690. The van der Waals surface area contributed by atoms with Gasteiger partial charge in [0.25, 0.3) is 0 Å². The summed E-state index contributed by atoms with van der Waals surface area (Å²) < 4.78 is 0. The minimum atomic E-state index is -1.08. The maximum absolute atomic E-state index is 11.5. The second kappa shape index (κ2) is 6.55. The monoisotopic (exact) mass is 335 g/mol. The number of likely N-dealkylation sites (N-methyl/N-ethyl adjacent to an activating group) is 1. The number of piperazine rings is 1. The number of benzene rings is 1. The number of hydrogen-bond acceptors (Lipinski definition) is 5. The highest BCUT2D eigenvalue weighted by molar-refractivity contribution is 6.30. The Kier molecular flexibility index (Phi) is 4.49. The van der Waals surface area contributed by atoms with Crippen LogP contribution in [0.25, 0.3) is 5.69 Å². The average molecular weight is 336 g/mol. The second-order valence-corrected chi connectivity index (χ2v) is 5.80. The van der Waals surface area contributed by atoms with Crippen LogP contribution in [0.2, 0.25) is 5.02 Å². The summed E-state index contributed by atoms with van der Waals surface area (Å²) in [5.41, 5.74) is 0.605. The lowest BCUT2D eigenvalue weighted by atomic mass is 10.3. The zero-order valence-corrected chi connectivity index (χ0v) is 13.6. The summed E-state index contributed by atoms with van der Waals surface area (Å²) in [5.74, 6) is -0.667. The minimum Gasteiger partial charge on any atom is -0.476 e. The Bertz CT molecular complexity index is 710. The van der Waals surface area contributed by atoms with Crippen molar-refractivity contribution in [2.75, 3.05) is 37.6 Å². The van der Waals surface area contributed by atoms with Gasteiger partial charge in [0.1, 0.15) is 0 Å². The van der Waals surface area contributed by atoms with Crippen LogP contribution in [0.5, 0.6) is 0 Å². The summed E-state index contributed by atoms with van der Waals surface area (Å²) in [4.78, 5) is 17.1. The molecule has 0 atom stereocenters. The Balaban J connectivity index is 1.92. The van der Waals surface area contributed by atoms with Crippen molar-refractivity contribution in [1.29, 1.82) is 0 Å². The van der Waals surface area contributed by atoms with E-state index >= 15 is 0 Å². The first-order chi connectivity index (χ1) is 11.1. The fourth-order valence-corrected chi connectivity index (χ4v) is 2.83. The molecule has 2 aromatic rings. The summed E-state index contributed by atoms with van der Waals surface area (Å²) >= 11 is 5.98. The van der Waals surface area contributed by atoms with E-state index in [4.69, 9.17) is 11.6 Å². The number of rotatable bonds is 4. The molecular weight excluding hydrogens is 318 g/mol. The largest absolute Gasteiger partial charge is 0.476 e. The van der Waals surface area contributed by atoms with E-state index in [2.05, 4.69) is 22.0 Å². The van der Waals surface area contributed by atoms with Crippen molar-refractivity contribution in [2.45, 2.75) is 6.92 Å². The molecule has 2 heterocycles. The molecule has 7 nitrogen and oxygen atoms in total. The van der Waals surface area contributed by atoms with Crippen LogP contribution in [0.3, 0.4) is 0 Å². The van der Waals surface area contributed by atoms with Crippen molar-refractivity contribution in [3.63, 3.8) is 0 Å². The molecule has 0 spiro atoms. The van der Waals surface area contributed by atoms with Gasteiger partial charge < -0.3 is 14.9 Å². The van der Waals surface area contributed by atoms with E-state index in [0.29, 0.717) is 16.5 Å². The van der Waals surface area contributed by atoms with E-state index in [-0.39, 0.29) is 5.69 Å². The number of anilines is 1. The lowest BCUT2D eigenvalue weighted by Gasteiger charge is -2.34. The molecule has 1 aliphatic heterocycles. The van der Waals surface area contributed by atoms with Crippen LogP contribution in [0, 0.1) is 0 Å². The van der Waals surface area contributed by atoms with Crippen molar-refractivity contribution in [1.82, 2.24) is 19.9 Å². The Morgan fingerprint density at radius 2 is 2.00 bits per heavy atom. The molecular formula is C15H18ClN5O2. The highest BCUT2D eigenvalue weighted by Gasteiger charge is 2.26. The van der Waals surface area contributed by atoms with Gasteiger partial charge in [-0.3, -0.25) is 0 Å². The third-order valence-electron chi connectivity index (χ3n) is 3.96. The molecule has 1 saturated heterocycles. The Labute approximate surface area is 139 Å². The van der Waals surface area contributed by atoms with Gasteiger partial charge in [0.15, 0.2) is 5.82 Å². The minimum absolute atomic E-state index is 0.0325. The smallest absolute Gasteiger partial charge is 0.360 e. The number of nitrogens with zero attached hydrogens (tertiary/aromatic N) is 5. The van der Waals surface area contributed by atoms with Crippen LogP contribution >= 0.6 is 11.6 Å². The number of aromatic carboxylic acids is 1. The lowest BCUT2D eigenvalue weighted by Crippen LogP contribution is -2.46. The van der Waals surface area contributed by atoms with Crippen molar-refractivity contribution in [2.24, 2.45) is 0 Å². The van der Waals surface area contributed by atoms with Crippen molar-refractivity contribution < 1.29 is 9.90 Å². The number of halogens is 1. The standard InChI is InChI=1S/C15H18ClN5O2/c1-2-19-6-8-20(9-7-19)14-13(15(22)23)17-21(18-14)12-5-3-4-11(16)10-12/h3-5,10H,2,6-9H2,1H3,(H,22,23). The Morgan fingerprint density at radius 3 is 2.61 bits per heavy atom. The first kappa shape index (κ1) is 15.8. The molecule has 8 heteroatoms. The van der Waals surface area contributed by atoms with Crippen LogP contribution in [0.1, 0.15) is 17.4 Å². The third-order valence-corrected chi connectivity index (χ3v) is 4.19. The van der Waals surface area contributed by atoms with Gasteiger partial charge in [-0.2, -0.15) is 0 Å². The molecule has 3 rings (SSSR count). The van der Waals surface area contributed by atoms with Gasteiger partial charge in [0, 0.05) is 31.2 Å². The van der Waals surface area contributed by atoms with Gasteiger partial charge in [0.05, 0.1) is 5.69 Å². The van der Waals surface area contributed by atoms with Crippen LogP contribution < -0.4 is 4.90 Å². The van der Waals surface area contributed by atoms with Gasteiger partial charge >= 0.3 is 5.97 Å². The van der Waals surface area contributed by atoms with Gasteiger partial charge in [-0.05, 0) is 24.7 Å². The maximum Gasteiger partial charge on any atom is 0.360 e. The zero-order chi connectivity index (χ0) is 16.4. The van der Waals surface area contributed by atoms with Gasteiger partial charge in [-0.1, -0.05) is 24.6 Å². The summed E-state index contributed by atoms with van der Waals surface area (Å²) in [7, 11) is 0. The molecule has 0 saturated carbocycles. The van der Waals surface area contributed by atoms with Crippen LogP contribution in [-0.4, -0.2) is 63.7 Å². The average Bonchev–Trinajstić information content (AvgIpc) is 3.00. The van der Waals surface area contributed by atoms with E-state index in [0.717, 1.165) is 32.7 Å². The van der Waals surface area contributed by atoms with E-state index in [1.54, 1.807) is 24.3 Å². The van der Waals surface area contributed by atoms with Gasteiger partial charge in [0.2, 0.25) is 5.69 Å². The maximum atomic E-state index is 11.5. The summed E-state index contributed by atoms with van der Waals surface area (Å²) in [6, 6.07) is 7.01. The number of hydrogen-bond donors (Lipinski definition) is 1. The number of carbonyl (C=O) groups is 1. The molecule has 1 aromatic carbocycles. The molecule has 0 radical (unpaired) electrons. The van der Waals surface area contributed by atoms with Crippen molar-refractivity contribution in [3.8, 4) is 5.69 Å². The summed E-state index contributed by atoms with van der Waals surface area (Å²) in [5, 5.41) is 18.5. The van der Waals surface area contributed by atoms with E-state index < -0.39 is 5.97 Å². The van der Waals surface area contributed by atoms with Crippen LogP contribution in [0.4, 0.5) is 5.82 Å². The number of carboxylic acids is 1. The van der Waals surface area contributed by atoms with Crippen LogP contribution in [-0.2, 0) is 0 Å². The highest BCUT2D eigenvalue weighted by Crippen LogP contribution is 2.21. The fraction of sp³-hybridized carbons (Fsp3) is 0.400. The van der Waals surface area contributed by atoms with Gasteiger partial charge in [-0.15, -0.1) is 15.0 Å². The normalized spacial score (nSPS) is 15.8. The molecule has 0 amide bonds. The summed E-state index contributed by atoms with van der Waals surface area (Å²) in [6.45, 7) is 6.37. The Morgan fingerprint density at radius 1 is 1.26 bits per heavy atom. The van der Waals surface area contributed by atoms with Crippen LogP contribution in [0.15, 0.2) is 24.3 Å². The second-order valence-electron chi connectivity index (χ2n) is 5.37. The van der Waals surface area contributed by atoms with E-state index in [1.807, 2.05) is 4.90 Å². The van der Waals surface area contributed by atoms with Gasteiger partial charge in [-0.25, -0.2) is 4.79 Å². The molecule has 0 aliphatic carbocycles. The first-order valence-electron chi connectivity index (χ1n) is 7.52. The molecule has 0 unspecified atom stereocenters. The fourth-order valence-electron chi connectivity index (χ4n) is 2.64. The SMILES string of the molecule is CCN1CCN(c2nn(-c3cccc(Cl)c3)nc2C(=O)O)CC1. The predicted molar refractivity (Wildman–Crippen MR) is 87.7 cm³/mol. The molecule has 1 aromatic heterocycles. The van der Waals surface area contributed by atoms with E-state index in [1.165, 1.54) is 4.80 Å². The molecule has 122 valence electrons. The molecule has 1 N–H and O–H groups in total. The number of carboxylic acid groups (broad SMARTS) is 1. The third kappa shape index (κ3) is 3.30. The molecule has 1 fully saturated rings. The quantitative estimate of drug-likeness (QED) is 0.917. The van der Waals surface area contributed by atoms with Crippen molar-refractivity contribution >= 4 is 23.4 Å². The molecule has 1 aliphatic rings. The molecule has 23 heavy (non-hydrogen) atoms. The topological polar surface area (TPSA) is 74.5 Å². The zero-order valence-electron chi connectivity index (χ0n) is 12.8. The Hall–Kier alpha value is -2.12. The predicted octanol–water partition coefficient (Wildman–Crippen LogP) is 1.76. The van der Waals surface area contributed by atoms with Crippen molar-refractivity contribution in [3.05, 3.63) is 35.0 Å². The first-order valence-corrected chi connectivity index (χ1v) is 7.90. The van der Waals surface area contributed by atoms with E-state index in [9.17, 15) is 9.90 Å². The number of aromatic nitrogens is 3.